The second-order valence-corrected chi connectivity index (χ2v) is 7.81. The Morgan fingerprint density at radius 2 is 1.14 bits per heavy atom. The molecule has 0 aliphatic carbocycles. The van der Waals surface area contributed by atoms with Crippen LogP contribution in [-0.4, -0.2) is 15.9 Å². The van der Waals surface area contributed by atoms with Crippen LogP contribution in [-0.2, 0) is 11.1 Å². The van der Waals surface area contributed by atoms with Crippen molar-refractivity contribution in [1.29, 1.82) is 0 Å². The number of aryl methyl sites for hydroxylation is 1. The summed E-state index contributed by atoms with van der Waals surface area (Å²) in [4.78, 5) is 17.5. The molecule has 1 heterocycles. The lowest BCUT2D eigenvalue weighted by Gasteiger charge is -2.04. The van der Waals surface area contributed by atoms with E-state index in [9.17, 15) is 4.57 Å². The predicted octanol–water partition coefficient (Wildman–Crippen LogP) is 4.05. The lowest BCUT2D eigenvalue weighted by molar-refractivity contribution is -0.697. The fraction of sp³-hybridized carbons (Fsp3) is 0.706. The molecule has 22 heavy (non-hydrogen) atoms. The molecule has 0 aliphatic rings. The van der Waals surface area contributed by atoms with E-state index in [1.165, 1.54) is 44.9 Å². The molecule has 0 fully saturated rings. The normalized spacial score (nSPS) is 11.7. The van der Waals surface area contributed by atoms with Crippen molar-refractivity contribution in [3.05, 3.63) is 30.6 Å². The number of unbranched alkanes of at least 4 members (excludes halogenated alkanes) is 9. The van der Waals surface area contributed by atoms with Crippen LogP contribution < -0.4 is 4.57 Å². The topological polar surface area (TPSA) is 61.4 Å². The largest absolute Gasteiger partial charge is 0.325 e. The molecular weight excluding hydrogens is 297 g/mol. The van der Waals surface area contributed by atoms with Gasteiger partial charge in [-0.05, 0) is 12.8 Å². The first-order chi connectivity index (χ1) is 10.6. The fourth-order valence-corrected chi connectivity index (χ4v) is 3.25. The minimum Gasteiger partial charge on any atom is -0.324 e. The highest BCUT2D eigenvalue weighted by atomic mass is 31.2. The van der Waals surface area contributed by atoms with Crippen molar-refractivity contribution in [1.82, 2.24) is 0 Å². The minimum atomic E-state index is -3.77. The van der Waals surface area contributed by atoms with Crippen molar-refractivity contribution in [3.8, 4) is 0 Å². The highest BCUT2D eigenvalue weighted by Crippen LogP contribution is 2.35. The van der Waals surface area contributed by atoms with Gasteiger partial charge in [0.2, 0.25) is 0 Å². The van der Waals surface area contributed by atoms with Crippen molar-refractivity contribution >= 4 is 7.60 Å². The molecule has 0 aliphatic heterocycles. The molecule has 0 amide bonds. The Morgan fingerprint density at radius 1 is 0.682 bits per heavy atom. The van der Waals surface area contributed by atoms with E-state index in [-0.39, 0.29) is 6.16 Å². The third-order valence-electron chi connectivity index (χ3n) is 3.89. The average molecular weight is 328 g/mol. The standard InChI is InChI=1S/C17H30NO3P/c19-22(20,21)17-13-8-6-4-2-1-3-5-7-10-14-18-15-11-9-12-16-18/h9,11-12,15-16H,1-8,10,13-14,17H2,(H-,19,20,21)/p+1. The highest BCUT2D eigenvalue weighted by Gasteiger charge is 2.10. The van der Waals surface area contributed by atoms with Crippen molar-refractivity contribution in [2.24, 2.45) is 0 Å². The van der Waals surface area contributed by atoms with Crippen LogP contribution in [0.4, 0.5) is 0 Å². The first kappa shape index (κ1) is 19.3. The Balaban J connectivity index is 1.79. The van der Waals surface area contributed by atoms with Crippen LogP contribution in [0.15, 0.2) is 30.6 Å². The molecule has 0 atom stereocenters. The van der Waals surface area contributed by atoms with Gasteiger partial charge in [0.05, 0.1) is 0 Å². The lowest BCUT2D eigenvalue weighted by Crippen LogP contribution is -2.32. The van der Waals surface area contributed by atoms with Crippen molar-refractivity contribution in [2.45, 2.75) is 70.8 Å². The van der Waals surface area contributed by atoms with E-state index in [0.29, 0.717) is 6.42 Å². The van der Waals surface area contributed by atoms with Gasteiger partial charge in [0.1, 0.15) is 6.54 Å². The van der Waals surface area contributed by atoms with E-state index in [4.69, 9.17) is 9.79 Å². The second-order valence-electron chi connectivity index (χ2n) is 6.04. The quantitative estimate of drug-likeness (QED) is 0.326. The second kappa shape index (κ2) is 11.8. The maximum atomic E-state index is 10.7. The summed E-state index contributed by atoms with van der Waals surface area (Å²) in [5.74, 6) is 0. The molecule has 1 aromatic rings. The molecule has 0 radical (unpaired) electrons. The van der Waals surface area contributed by atoms with Gasteiger partial charge in [0.15, 0.2) is 12.4 Å². The van der Waals surface area contributed by atoms with Crippen molar-refractivity contribution < 1.29 is 18.9 Å². The van der Waals surface area contributed by atoms with Crippen molar-refractivity contribution in [2.75, 3.05) is 6.16 Å². The van der Waals surface area contributed by atoms with Gasteiger partial charge in [0.25, 0.3) is 0 Å². The molecule has 1 rings (SSSR count). The molecule has 1 aromatic heterocycles. The summed E-state index contributed by atoms with van der Waals surface area (Å²) in [6.45, 7) is 1.11. The van der Waals surface area contributed by atoms with Crippen LogP contribution in [0.5, 0.6) is 0 Å². The van der Waals surface area contributed by atoms with E-state index in [2.05, 4.69) is 29.1 Å². The van der Waals surface area contributed by atoms with E-state index < -0.39 is 7.60 Å². The molecular formula is C17H31NO3P+. The van der Waals surface area contributed by atoms with Gasteiger partial charge < -0.3 is 9.79 Å². The number of nitrogens with zero attached hydrogens (tertiary/aromatic N) is 1. The molecule has 0 spiro atoms. The van der Waals surface area contributed by atoms with E-state index in [1.54, 1.807) is 0 Å². The van der Waals surface area contributed by atoms with Gasteiger partial charge in [-0.15, -0.1) is 0 Å². The average Bonchev–Trinajstić information content (AvgIpc) is 2.48. The number of pyridine rings is 1. The molecule has 0 aromatic carbocycles. The fourth-order valence-electron chi connectivity index (χ4n) is 2.61. The molecule has 2 N–H and O–H groups in total. The molecule has 0 saturated heterocycles. The van der Waals surface area contributed by atoms with Gasteiger partial charge in [-0.3, -0.25) is 4.57 Å². The number of aromatic nitrogens is 1. The van der Waals surface area contributed by atoms with Gasteiger partial charge in [-0.25, -0.2) is 4.57 Å². The zero-order chi connectivity index (χ0) is 16.1. The van der Waals surface area contributed by atoms with Gasteiger partial charge in [0, 0.05) is 24.7 Å². The summed E-state index contributed by atoms with van der Waals surface area (Å²) < 4.78 is 12.9. The maximum absolute atomic E-state index is 10.7. The van der Waals surface area contributed by atoms with Crippen LogP contribution in [0, 0.1) is 0 Å². The Bertz CT molecular complexity index is 419. The van der Waals surface area contributed by atoms with Crippen molar-refractivity contribution in [3.63, 3.8) is 0 Å². The van der Waals surface area contributed by atoms with Crippen LogP contribution >= 0.6 is 7.60 Å². The molecule has 4 nitrogen and oxygen atoms in total. The smallest absolute Gasteiger partial charge is 0.324 e. The van der Waals surface area contributed by atoms with E-state index >= 15 is 0 Å². The minimum absolute atomic E-state index is 0.0480. The van der Waals surface area contributed by atoms with Gasteiger partial charge in [-0.2, -0.15) is 0 Å². The predicted molar refractivity (Wildman–Crippen MR) is 89.7 cm³/mol. The Kier molecular flexibility index (Phi) is 10.4. The summed E-state index contributed by atoms with van der Waals surface area (Å²) in [6, 6.07) is 6.18. The number of hydrogen-bond acceptors (Lipinski definition) is 1. The Labute approximate surface area is 134 Å². The Hall–Kier alpha value is -0.700. The van der Waals surface area contributed by atoms with Crippen LogP contribution in [0.3, 0.4) is 0 Å². The highest BCUT2D eigenvalue weighted by molar-refractivity contribution is 7.51. The summed E-state index contributed by atoms with van der Waals surface area (Å²) in [6.07, 6.45) is 15.9. The number of rotatable bonds is 13. The van der Waals surface area contributed by atoms with Crippen LogP contribution in [0.1, 0.15) is 64.2 Å². The summed E-state index contributed by atoms with van der Waals surface area (Å²) in [5, 5.41) is 0. The first-order valence-corrected chi connectivity index (χ1v) is 10.4. The zero-order valence-corrected chi connectivity index (χ0v) is 14.5. The summed E-state index contributed by atoms with van der Waals surface area (Å²) in [7, 11) is -3.77. The third kappa shape index (κ3) is 11.9. The lowest BCUT2D eigenvalue weighted by atomic mass is 10.1. The van der Waals surface area contributed by atoms with E-state index in [1.807, 2.05) is 6.07 Å². The first-order valence-electron chi connectivity index (χ1n) is 8.56. The monoisotopic (exact) mass is 328 g/mol. The molecule has 0 saturated carbocycles. The molecule has 126 valence electrons. The van der Waals surface area contributed by atoms with Crippen LogP contribution in [0.2, 0.25) is 0 Å². The molecule has 5 heteroatoms. The summed E-state index contributed by atoms with van der Waals surface area (Å²) >= 11 is 0. The van der Waals surface area contributed by atoms with Gasteiger partial charge >= 0.3 is 7.60 Å². The third-order valence-corrected chi connectivity index (χ3v) is 4.79. The SMILES string of the molecule is O=P(O)(O)CCCCCCCCCCCC[n+]1ccccc1. The molecule has 0 unspecified atom stereocenters. The van der Waals surface area contributed by atoms with Gasteiger partial charge in [-0.1, -0.05) is 51.0 Å². The molecule has 0 bridgehead atoms. The zero-order valence-electron chi connectivity index (χ0n) is 13.6. The Morgan fingerprint density at radius 3 is 1.64 bits per heavy atom. The van der Waals surface area contributed by atoms with E-state index in [0.717, 1.165) is 19.4 Å². The maximum Gasteiger partial charge on any atom is 0.325 e. The summed E-state index contributed by atoms with van der Waals surface area (Å²) in [5.41, 5.74) is 0. The van der Waals surface area contributed by atoms with Crippen LogP contribution in [0.25, 0.3) is 0 Å². The number of hydrogen-bond donors (Lipinski definition) is 2.